The number of carbonyl (C=O) groups is 1. The molecule has 0 saturated carbocycles. The number of halogens is 1. The Kier molecular flexibility index (Phi) is 7.26. The Morgan fingerprint density at radius 3 is 2.69 bits per heavy atom. The predicted molar refractivity (Wildman–Crippen MR) is 99.7 cm³/mol. The average molecular weight is 363 g/mol. The lowest BCUT2D eigenvalue weighted by molar-refractivity contribution is -0.122. The third-order valence-corrected chi connectivity index (χ3v) is 5.38. The highest BCUT2D eigenvalue weighted by Crippen LogP contribution is 2.16. The second-order valence-electron chi connectivity index (χ2n) is 7.38. The number of carbonyl (C=O) groups excluding carboxylic acids is 1. The number of hydrogen-bond acceptors (Lipinski definition) is 4. The minimum atomic E-state index is -0.249. The van der Waals surface area contributed by atoms with Gasteiger partial charge in [-0.3, -0.25) is 9.69 Å². The van der Waals surface area contributed by atoms with Crippen LogP contribution >= 0.6 is 0 Å². The van der Waals surface area contributed by atoms with Gasteiger partial charge in [0.25, 0.3) is 0 Å². The summed E-state index contributed by atoms with van der Waals surface area (Å²) in [5.74, 6) is 1.33. The first kappa shape index (κ1) is 19.1. The highest BCUT2D eigenvalue weighted by atomic mass is 19.1. The number of nitrogens with one attached hydrogen (secondary N) is 2. The van der Waals surface area contributed by atoms with Gasteiger partial charge >= 0.3 is 0 Å². The van der Waals surface area contributed by atoms with Crippen LogP contribution in [0, 0.1) is 11.7 Å². The van der Waals surface area contributed by atoms with Crippen molar-refractivity contribution in [2.45, 2.75) is 38.1 Å². The largest absolute Gasteiger partial charge is 0.492 e. The van der Waals surface area contributed by atoms with Crippen molar-refractivity contribution in [3.8, 4) is 5.75 Å². The smallest absolute Gasteiger partial charge is 0.220 e. The molecular weight excluding hydrogens is 333 g/mol. The summed E-state index contributed by atoms with van der Waals surface area (Å²) in [6.07, 6.45) is 4.84. The molecular formula is C20H30FN3O2. The minimum absolute atomic E-state index is 0.204. The second-order valence-corrected chi connectivity index (χ2v) is 7.38. The Bertz CT molecular complexity index is 553. The van der Waals surface area contributed by atoms with E-state index in [9.17, 15) is 9.18 Å². The molecule has 0 spiro atoms. The molecule has 0 radical (unpaired) electrons. The van der Waals surface area contributed by atoms with Gasteiger partial charge in [-0.25, -0.2) is 4.39 Å². The first-order valence-electron chi connectivity index (χ1n) is 9.80. The normalized spacial score (nSPS) is 21.7. The van der Waals surface area contributed by atoms with Gasteiger partial charge in [0.15, 0.2) is 0 Å². The van der Waals surface area contributed by atoms with Gasteiger partial charge in [-0.05, 0) is 69.0 Å². The fourth-order valence-corrected chi connectivity index (χ4v) is 3.72. The number of ether oxygens (including phenoxy) is 1. The molecule has 2 heterocycles. The van der Waals surface area contributed by atoms with Crippen LogP contribution in [0.3, 0.4) is 0 Å². The van der Waals surface area contributed by atoms with Crippen LogP contribution in [0.15, 0.2) is 24.3 Å². The number of benzene rings is 1. The summed E-state index contributed by atoms with van der Waals surface area (Å²) < 4.78 is 18.5. The monoisotopic (exact) mass is 363 g/mol. The maximum atomic E-state index is 12.9. The predicted octanol–water partition coefficient (Wildman–Crippen LogP) is 2.17. The van der Waals surface area contributed by atoms with E-state index in [-0.39, 0.29) is 11.7 Å². The zero-order valence-electron chi connectivity index (χ0n) is 15.4. The van der Waals surface area contributed by atoms with Crippen molar-refractivity contribution >= 4 is 5.91 Å². The van der Waals surface area contributed by atoms with E-state index < -0.39 is 0 Å². The van der Waals surface area contributed by atoms with E-state index in [0.29, 0.717) is 30.7 Å². The summed E-state index contributed by atoms with van der Waals surface area (Å²) in [5.41, 5.74) is 0. The lowest BCUT2D eigenvalue weighted by Gasteiger charge is -2.32. The number of piperidine rings is 1. The second kappa shape index (κ2) is 9.88. The Hall–Kier alpha value is -1.66. The fraction of sp³-hybridized carbons (Fsp3) is 0.650. The molecule has 1 amide bonds. The molecule has 144 valence electrons. The zero-order chi connectivity index (χ0) is 18.2. The van der Waals surface area contributed by atoms with Crippen molar-refractivity contribution < 1.29 is 13.9 Å². The molecule has 1 aromatic carbocycles. The molecule has 5 nitrogen and oxygen atoms in total. The van der Waals surface area contributed by atoms with Gasteiger partial charge in [-0.2, -0.15) is 0 Å². The molecule has 2 fully saturated rings. The van der Waals surface area contributed by atoms with Crippen molar-refractivity contribution in [1.82, 2.24) is 15.5 Å². The van der Waals surface area contributed by atoms with Crippen LogP contribution in [-0.2, 0) is 4.79 Å². The van der Waals surface area contributed by atoms with Crippen LogP contribution in [0.4, 0.5) is 4.39 Å². The van der Waals surface area contributed by atoms with E-state index in [1.54, 1.807) is 12.1 Å². The summed E-state index contributed by atoms with van der Waals surface area (Å²) in [6.45, 7) is 5.56. The molecule has 3 rings (SSSR count). The van der Waals surface area contributed by atoms with E-state index in [1.165, 1.54) is 18.6 Å². The molecule has 6 heteroatoms. The SMILES string of the molecule is O=C(CCC1CCNC1)NC1CCN(CCOc2ccc(F)cc2)CC1. The van der Waals surface area contributed by atoms with Gasteiger partial charge in [0.2, 0.25) is 5.91 Å². The molecule has 2 aliphatic heterocycles. The average Bonchev–Trinajstić information content (AvgIpc) is 3.17. The third-order valence-electron chi connectivity index (χ3n) is 5.38. The Labute approximate surface area is 155 Å². The van der Waals surface area contributed by atoms with Crippen molar-refractivity contribution in [2.75, 3.05) is 39.3 Å². The summed E-state index contributed by atoms with van der Waals surface area (Å²) in [6, 6.07) is 6.43. The number of nitrogens with zero attached hydrogens (tertiary/aromatic N) is 1. The van der Waals surface area contributed by atoms with E-state index in [0.717, 1.165) is 52.0 Å². The van der Waals surface area contributed by atoms with Crippen LogP contribution in [0.5, 0.6) is 5.75 Å². The zero-order valence-corrected chi connectivity index (χ0v) is 15.4. The van der Waals surface area contributed by atoms with Crippen LogP contribution < -0.4 is 15.4 Å². The van der Waals surface area contributed by atoms with E-state index in [1.807, 2.05) is 0 Å². The first-order chi connectivity index (χ1) is 12.7. The molecule has 26 heavy (non-hydrogen) atoms. The van der Waals surface area contributed by atoms with Crippen molar-refractivity contribution in [3.05, 3.63) is 30.1 Å². The number of likely N-dealkylation sites (tertiary alicyclic amines) is 1. The molecule has 1 atom stereocenters. The van der Waals surface area contributed by atoms with Crippen LogP contribution in [0.25, 0.3) is 0 Å². The minimum Gasteiger partial charge on any atom is -0.492 e. The number of amides is 1. The van der Waals surface area contributed by atoms with Gasteiger partial charge in [0.1, 0.15) is 18.2 Å². The Morgan fingerprint density at radius 1 is 1.23 bits per heavy atom. The van der Waals surface area contributed by atoms with Gasteiger partial charge in [0.05, 0.1) is 0 Å². The highest BCUT2D eigenvalue weighted by molar-refractivity contribution is 5.76. The van der Waals surface area contributed by atoms with Crippen LogP contribution in [0.1, 0.15) is 32.1 Å². The van der Waals surface area contributed by atoms with Crippen LogP contribution in [0.2, 0.25) is 0 Å². The molecule has 1 unspecified atom stereocenters. The van der Waals surface area contributed by atoms with Gasteiger partial charge < -0.3 is 15.4 Å². The quantitative estimate of drug-likeness (QED) is 0.743. The van der Waals surface area contributed by atoms with Gasteiger partial charge in [-0.1, -0.05) is 0 Å². The van der Waals surface area contributed by atoms with Crippen LogP contribution in [-0.4, -0.2) is 56.2 Å². The summed E-state index contributed by atoms with van der Waals surface area (Å²) in [7, 11) is 0. The van der Waals surface area contributed by atoms with E-state index in [4.69, 9.17) is 4.74 Å². The number of hydrogen-bond donors (Lipinski definition) is 2. The van der Waals surface area contributed by atoms with Crippen molar-refractivity contribution in [1.29, 1.82) is 0 Å². The van der Waals surface area contributed by atoms with Crippen molar-refractivity contribution in [3.63, 3.8) is 0 Å². The molecule has 0 aliphatic carbocycles. The fourth-order valence-electron chi connectivity index (χ4n) is 3.72. The Morgan fingerprint density at radius 2 is 2.00 bits per heavy atom. The van der Waals surface area contributed by atoms with Gasteiger partial charge in [-0.15, -0.1) is 0 Å². The number of rotatable bonds is 8. The summed E-state index contributed by atoms with van der Waals surface area (Å²) >= 11 is 0. The maximum Gasteiger partial charge on any atom is 0.220 e. The molecule has 0 aromatic heterocycles. The lowest BCUT2D eigenvalue weighted by atomic mass is 10.0. The van der Waals surface area contributed by atoms with Crippen molar-refractivity contribution in [2.24, 2.45) is 5.92 Å². The molecule has 2 saturated heterocycles. The first-order valence-corrected chi connectivity index (χ1v) is 9.80. The lowest BCUT2D eigenvalue weighted by Crippen LogP contribution is -2.45. The topological polar surface area (TPSA) is 53.6 Å². The van der Waals surface area contributed by atoms with E-state index in [2.05, 4.69) is 15.5 Å². The third kappa shape index (κ3) is 6.25. The standard InChI is InChI=1S/C20H30FN3O2/c21-17-2-4-19(5-3-17)26-14-13-24-11-8-18(9-12-24)23-20(25)6-1-16-7-10-22-15-16/h2-5,16,18,22H,1,6-15H2,(H,23,25). The maximum absolute atomic E-state index is 12.9. The summed E-state index contributed by atoms with van der Waals surface area (Å²) in [4.78, 5) is 14.5. The molecule has 2 N–H and O–H groups in total. The Balaban J connectivity index is 1.26. The van der Waals surface area contributed by atoms with E-state index >= 15 is 0 Å². The van der Waals surface area contributed by atoms with Gasteiger partial charge in [0, 0.05) is 32.1 Å². The highest BCUT2D eigenvalue weighted by Gasteiger charge is 2.21. The summed E-state index contributed by atoms with van der Waals surface area (Å²) in [5, 5.41) is 6.55. The molecule has 0 bridgehead atoms. The molecule has 2 aliphatic rings. The molecule has 1 aromatic rings.